The number of hydrogen-bond donors (Lipinski definition) is 1. The number of hydrogen-bond acceptors (Lipinski definition) is 1. The molecule has 0 bridgehead atoms. The summed E-state index contributed by atoms with van der Waals surface area (Å²) in [6.45, 7) is 0. The fraction of sp³-hybridized carbons (Fsp3) is 0.143. The summed E-state index contributed by atoms with van der Waals surface area (Å²) in [5.41, 5.74) is 2.10. The van der Waals surface area contributed by atoms with Crippen molar-refractivity contribution in [2.75, 3.05) is 7.05 Å². The SMILES string of the molecule is CNC(c1ccc(Cl)c(Cl)c1)c1ccc(Br)c(Cl)c1. The van der Waals surface area contributed by atoms with Crippen molar-refractivity contribution in [1.29, 1.82) is 0 Å². The van der Waals surface area contributed by atoms with Crippen LogP contribution in [0.5, 0.6) is 0 Å². The number of rotatable bonds is 3. The molecule has 0 fully saturated rings. The van der Waals surface area contributed by atoms with E-state index in [0.717, 1.165) is 15.6 Å². The van der Waals surface area contributed by atoms with E-state index in [2.05, 4.69) is 21.2 Å². The maximum atomic E-state index is 6.14. The number of benzene rings is 2. The Hall–Kier alpha value is -0.250. The molecule has 0 radical (unpaired) electrons. The van der Waals surface area contributed by atoms with E-state index in [4.69, 9.17) is 34.8 Å². The first-order chi connectivity index (χ1) is 9.02. The molecule has 0 spiro atoms. The lowest BCUT2D eigenvalue weighted by atomic mass is 9.99. The summed E-state index contributed by atoms with van der Waals surface area (Å²) < 4.78 is 0.877. The quantitative estimate of drug-likeness (QED) is 0.719. The van der Waals surface area contributed by atoms with Crippen LogP contribution in [0.1, 0.15) is 17.2 Å². The largest absolute Gasteiger partial charge is 0.309 e. The molecule has 2 rings (SSSR count). The fourth-order valence-electron chi connectivity index (χ4n) is 1.91. The average Bonchev–Trinajstić information content (AvgIpc) is 2.39. The fourth-order valence-corrected chi connectivity index (χ4v) is 2.65. The van der Waals surface area contributed by atoms with Crippen LogP contribution in [-0.4, -0.2) is 7.05 Å². The lowest BCUT2D eigenvalue weighted by molar-refractivity contribution is 0.692. The van der Waals surface area contributed by atoms with Crippen LogP contribution in [0, 0.1) is 0 Å². The minimum Gasteiger partial charge on any atom is -0.309 e. The maximum Gasteiger partial charge on any atom is 0.0595 e. The van der Waals surface area contributed by atoms with Crippen molar-refractivity contribution in [2.45, 2.75) is 6.04 Å². The number of nitrogens with one attached hydrogen (secondary N) is 1. The van der Waals surface area contributed by atoms with Gasteiger partial charge < -0.3 is 5.32 Å². The topological polar surface area (TPSA) is 12.0 Å². The van der Waals surface area contributed by atoms with Gasteiger partial charge >= 0.3 is 0 Å². The van der Waals surface area contributed by atoms with Crippen LogP contribution in [0.25, 0.3) is 0 Å². The normalized spacial score (nSPS) is 12.5. The monoisotopic (exact) mass is 377 g/mol. The molecule has 2 aromatic rings. The minimum absolute atomic E-state index is 0.0142. The van der Waals surface area contributed by atoms with E-state index in [-0.39, 0.29) is 6.04 Å². The van der Waals surface area contributed by atoms with Gasteiger partial charge in [-0.05, 0) is 58.4 Å². The van der Waals surface area contributed by atoms with Crippen molar-refractivity contribution in [2.24, 2.45) is 0 Å². The van der Waals surface area contributed by atoms with E-state index in [0.29, 0.717) is 15.1 Å². The van der Waals surface area contributed by atoms with Gasteiger partial charge in [-0.1, -0.05) is 46.9 Å². The van der Waals surface area contributed by atoms with Gasteiger partial charge in [0.15, 0.2) is 0 Å². The van der Waals surface area contributed by atoms with Gasteiger partial charge in [-0.25, -0.2) is 0 Å². The van der Waals surface area contributed by atoms with Gasteiger partial charge in [-0.15, -0.1) is 0 Å². The van der Waals surface area contributed by atoms with E-state index in [1.807, 2.05) is 37.4 Å². The molecule has 0 saturated carbocycles. The molecule has 0 saturated heterocycles. The summed E-state index contributed by atoms with van der Waals surface area (Å²) in [6.07, 6.45) is 0. The van der Waals surface area contributed by atoms with Crippen molar-refractivity contribution in [3.05, 3.63) is 67.1 Å². The van der Waals surface area contributed by atoms with Crippen molar-refractivity contribution >= 4 is 50.7 Å². The summed E-state index contributed by atoms with van der Waals surface area (Å²) in [4.78, 5) is 0. The lowest BCUT2D eigenvalue weighted by Crippen LogP contribution is -2.17. The predicted octanol–water partition coefficient (Wildman–Crippen LogP) is 5.72. The molecule has 1 nitrogen and oxygen atoms in total. The van der Waals surface area contributed by atoms with Gasteiger partial charge in [0.2, 0.25) is 0 Å². The molecule has 0 aliphatic rings. The Morgan fingerprint density at radius 2 is 1.47 bits per heavy atom. The summed E-state index contributed by atoms with van der Waals surface area (Å²) in [5.74, 6) is 0. The minimum atomic E-state index is 0.0142. The Morgan fingerprint density at radius 3 is 2.00 bits per heavy atom. The van der Waals surface area contributed by atoms with Crippen molar-refractivity contribution in [1.82, 2.24) is 5.32 Å². The Balaban J connectivity index is 2.43. The Kier molecular flexibility index (Phi) is 5.15. The zero-order chi connectivity index (χ0) is 14.0. The molecule has 0 heterocycles. The Morgan fingerprint density at radius 1 is 0.895 bits per heavy atom. The number of halogens is 4. The van der Waals surface area contributed by atoms with Crippen LogP contribution in [0.4, 0.5) is 0 Å². The highest BCUT2D eigenvalue weighted by Gasteiger charge is 2.14. The van der Waals surface area contributed by atoms with Gasteiger partial charge in [-0.2, -0.15) is 0 Å². The summed E-state index contributed by atoms with van der Waals surface area (Å²) in [7, 11) is 1.89. The zero-order valence-corrected chi connectivity index (χ0v) is 13.9. The standard InChI is InChI=1S/C14H11BrCl3N/c1-19-14(8-2-4-10(15)12(17)6-8)9-3-5-11(16)13(18)7-9/h2-7,14,19H,1H3. The molecule has 1 unspecified atom stereocenters. The second kappa shape index (κ2) is 6.47. The molecule has 5 heteroatoms. The summed E-state index contributed by atoms with van der Waals surface area (Å²) >= 11 is 21.5. The van der Waals surface area contributed by atoms with Crippen LogP contribution in [-0.2, 0) is 0 Å². The summed E-state index contributed by atoms with van der Waals surface area (Å²) in [5, 5.41) is 5.03. The van der Waals surface area contributed by atoms with Gasteiger partial charge in [0, 0.05) is 4.47 Å². The molecule has 0 amide bonds. The third-order valence-electron chi connectivity index (χ3n) is 2.84. The van der Waals surface area contributed by atoms with Gasteiger partial charge in [0.25, 0.3) is 0 Å². The van der Waals surface area contributed by atoms with Crippen molar-refractivity contribution < 1.29 is 0 Å². The van der Waals surface area contributed by atoms with Crippen LogP contribution >= 0.6 is 50.7 Å². The van der Waals surface area contributed by atoms with E-state index >= 15 is 0 Å². The highest BCUT2D eigenvalue weighted by atomic mass is 79.9. The van der Waals surface area contributed by atoms with Crippen LogP contribution in [0.15, 0.2) is 40.9 Å². The highest BCUT2D eigenvalue weighted by Crippen LogP contribution is 2.31. The Labute approximate surface area is 136 Å². The molecule has 2 aromatic carbocycles. The second-order valence-corrected chi connectivity index (χ2v) is 6.14. The molecule has 0 aromatic heterocycles. The van der Waals surface area contributed by atoms with E-state index < -0.39 is 0 Å². The van der Waals surface area contributed by atoms with Gasteiger partial charge in [-0.3, -0.25) is 0 Å². The molecule has 0 aliphatic heterocycles. The molecule has 1 atom stereocenters. The molecule has 0 aliphatic carbocycles. The van der Waals surface area contributed by atoms with Crippen LogP contribution < -0.4 is 5.32 Å². The Bertz CT molecular complexity index is 550. The first-order valence-corrected chi connectivity index (χ1v) is 7.52. The predicted molar refractivity (Wildman–Crippen MR) is 86.5 cm³/mol. The second-order valence-electron chi connectivity index (χ2n) is 4.07. The van der Waals surface area contributed by atoms with E-state index in [1.54, 1.807) is 6.07 Å². The first kappa shape index (κ1) is 15.1. The van der Waals surface area contributed by atoms with Crippen molar-refractivity contribution in [3.8, 4) is 0 Å². The molecule has 1 N–H and O–H groups in total. The average molecular weight is 380 g/mol. The molecular weight excluding hydrogens is 368 g/mol. The van der Waals surface area contributed by atoms with E-state index in [9.17, 15) is 0 Å². The smallest absolute Gasteiger partial charge is 0.0595 e. The third-order valence-corrected chi connectivity index (χ3v) is 4.81. The summed E-state index contributed by atoms with van der Waals surface area (Å²) in [6, 6.07) is 11.5. The van der Waals surface area contributed by atoms with Crippen molar-refractivity contribution in [3.63, 3.8) is 0 Å². The maximum absolute atomic E-state index is 6.14. The highest BCUT2D eigenvalue weighted by molar-refractivity contribution is 9.10. The molecule has 19 heavy (non-hydrogen) atoms. The van der Waals surface area contributed by atoms with Crippen LogP contribution in [0.3, 0.4) is 0 Å². The van der Waals surface area contributed by atoms with Gasteiger partial charge in [0.05, 0.1) is 21.1 Å². The molecular formula is C14H11BrCl3N. The molecule has 100 valence electrons. The zero-order valence-electron chi connectivity index (χ0n) is 10.1. The third kappa shape index (κ3) is 3.45. The van der Waals surface area contributed by atoms with Gasteiger partial charge in [0.1, 0.15) is 0 Å². The van der Waals surface area contributed by atoms with Crippen LogP contribution in [0.2, 0.25) is 15.1 Å². The van der Waals surface area contributed by atoms with E-state index in [1.165, 1.54) is 0 Å². The lowest BCUT2D eigenvalue weighted by Gasteiger charge is -2.18. The first-order valence-electron chi connectivity index (χ1n) is 5.60.